The Morgan fingerprint density at radius 1 is 1.64 bits per heavy atom. The zero-order chi connectivity index (χ0) is 8.27. The van der Waals surface area contributed by atoms with E-state index < -0.39 is 5.97 Å². The molecule has 0 spiro atoms. The molecule has 1 aliphatic heterocycles. The zero-order valence-corrected chi connectivity index (χ0v) is 5.65. The number of hydrogen-bond acceptors (Lipinski definition) is 3. The van der Waals surface area contributed by atoms with Gasteiger partial charge in [0.15, 0.2) is 0 Å². The predicted octanol–water partition coefficient (Wildman–Crippen LogP) is -0.312. The van der Waals surface area contributed by atoms with Crippen molar-refractivity contribution in [1.29, 1.82) is 0 Å². The Kier molecular flexibility index (Phi) is 2.06. The van der Waals surface area contributed by atoms with Gasteiger partial charge in [0.25, 0.3) is 0 Å². The highest BCUT2D eigenvalue weighted by Crippen LogP contribution is 2.13. The van der Waals surface area contributed by atoms with Gasteiger partial charge in [0.05, 0.1) is 24.3 Å². The van der Waals surface area contributed by atoms with Crippen molar-refractivity contribution in [3.8, 4) is 11.8 Å². The molecule has 0 atom stereocenters. The Balaban J connectivity index is 2.30. The minimum atomic E-state index is -1.14. The fraction of sp³-hybridized carbons (Fsp3) is 0.500. The monoisotopic (exact) mass is 154 g/mol. The van der Waals surface area contributed by atoms with Crippen LogP contribution in [0.3, 0.4) is 0 Å². The minimum absolute atomic E-state index is 0.0104. The Hall–Kier alpha value is -1.57. The first-order valence-corrected chi connectivity index (χ1v) is 3.05. The van der Waals surface area contributed by atoms with E-state index in [1.54, 1.807) is 0 Å². The first-order chi connectivity index (χ1) is 5.22. The molecule has 0 aromatic carbocycles. The fourth-order valence-electron chi connectivity index (χ4n) is 0.777. The van der Waals surface area contributed by atoms with Crippen molar-refractivity contribution in [3.63, 3.8) is 0 Å². The molecule has 0 aromatic rings. The van der Waals surface area contributed by atoms with Crippen LogP contribution in [-0.2, 0) is 4.79 Å². The summed E-state index contributed by atoms with van der Waals surface area (Å²) in [4.78, 5) is 19.7. The van der Waals surface area contributed by atoms with Crippen LogP contribution in [0.25, 0.3) is 0 Å². The van der Waals surface area contributed by atoms with Crippen LogP contribution < -0.4 is 0 Å². The number of rotatable bonds is 1. The lowest BCUT2D eigenvalue weighted by molar-refractivity contribution is -0.130. The summed E-state index contributed by atoms with van der Waals surface area (Å²) in [5.74, 6) is 3.33. The molecule has 0 aromatic heterocycles. The molecule has 1 saturated heterocycles. The summed E-state index contributed by atoms with van der Waals surface area (Å²) in [6.45, 7) is 0.896. The molecule has 1 fully saturated rings. The molecule has 58 valence electrons. The highest BCUT2D eigenvalue weighted by molar-refractivity contribution is 5.86. The van der Waals surface area contributed by atoms with Gasteiger partial charge in [-0.1, -0.05) is 5.92 Å². The molecule has 1 rings (SSSR count). The second-order valence-electron chi connectivity index (χ2n) is 2.22. The maximum Gasteiger partial charge on any atom is 0.381 e. The summed E-state index contributed by atoms with van der Waals surface area (Å²) in [5, 5.41) is 12.1. The minimum Gasteiger partial charge on any atom is -0.472 e. The summed E-state index contributed by atoms with van der Waals surface area (Å²) in [6.07, 6.45) is 0. The van der Waals surface area contributed by atoms with E-state index in [2.05, 4.69) is 11.2 Å². The number of carbonyl (C=O) groups is 1. The molecule has 11 heavy (non-hydrogen) atoms. The molecule has 5 heteroatoms. The number of nitrogens with zero attached hydrogens (tertiary/aromatic N) is 2. The lowest BCUT2D eigenvalue weighted by atomic mass is 10.0. The van der Waals surface area contributed by atoms with Crippen LogP contribution in [-0.4, -0.2) is 29.2 Å². The lowest BCUT2D eigenvalue weighted by Crippen LogP contribution is -2.41. The Morgan fingerprint density at radius 2 is 2.27 bits per heavy atom. The molecule has 0 amide bonds. The average molecular weight is 154 g/mol. The van der Waals surface area contributed by atoms with Crippen LogP contribution in [0.15, 0.2) is 5.29 Å². The molecule has 0 radical (unpaired) electrons. The topological polar surface area (TPSA) is 70.0 Å². The first kappa shape index (κ1) is 7.54. The maximum atomic E-state index is 9.92. The molecule has 1 heterocycles. The molecule has 0 saturated carbocycles. The van der Waals surface area contributed by atoms with E-state index in [0.717, 1.165) is 0 Å². The van der Waals surface area contributed by atoms with Crippen LogP contribution in [0.2, 0.25) is 0 Å². The van der Waals surface area contributed by atoms with E-state index in [1.807, 2.05) is 5.92 Å². The second kappa shape index (κ2) is 3.01. The van der Waals surface area contributed by atoms with Gasteiger partial charge in [-0.3, -0.25) is 5.01 Å². The van der Waals surface area contributed by atoms with Gasteiger partial charge in [0.1, 0.15) is 0 Å². The van der Waals surface area contributed by atoms with Gasteiger partial charge < -0.3 is 5.11 Å². The Labute approximate surface area is 62.9 Å². The fourth-order valence-corrected chi connectivity index (χ4v) is 0.777. The summed E-state index contributed by atoms with van der Waals surface area (Å²) < 4.78 is 0. The van der Waals surface area contributed by atoms with E-state index in [9.17, 15) is 9.70 Å². The van der Waals surface area contributed by atoms with E-state index >= 15 is 0 Å². The van der Waals surface area contributed by atoms with Crippen molar-refractivity contribution in [2.45, 2.75) is 0 Å². The van der Waals surface area contributed by atoms with E-state index in [-0.39, 0.29) is 5.92 Å². The molecule has 0 bridgehead atoms. The average Bonchev–Trinajstić information content (AvgIpc) is 1.84. The number of carboxylic acid groups (broad SMARTS) is 1. The number of hydrogen-bond donors (Lipinski definition) is 1. The predicted molar refractivity (Wildman–Crippen MR) is 36.3 cm³/mol. The highest BCUT2D eigenvalue weighted by atomic mass is 16.4. The van der Waals surface area contributed by atoms with Crippen molar-refractivity contribution in [2.75, 3.05) is 13.1 Å². The van der Waals surface area contributed by atoms with Crippen molar-refractivity contribution in [3.05, 3.63) is 4.91 Å². The lowest BCUT2D eigenvalue weighted by Gasteiger charge is -2.30. The van der Waals surface area contributed by atoms with Crippen molar-refractivity contribution < 1.29 is 9.90 Å². The normalized spacial score (nSPS) is 16.2. The van der Waals surface area contributed by atoms with Crippen molar-refractivity contribution in [2.24, 2.45) is 11.2 Å². The van der Waals surface area contributed by atoms with Crippen LogP contribution in [0, 0.1) is 22.7 Å². The second-order valence-corrected chi connectivity index (χ2v) is 2.22. The zero-order valence-electron chi connectivity index (χ0n) is 5.65. The Morgan fingerprint density at radius 3 is 2.73 bits per heavy atom. The van der Waals surface area contributed by atoms with Crippen LogP contribution >= 0.6 is 0 Å². The summed E-state index contributed by atoms with van der Waals surface area (Å²) in [6, 6.07) is 0. The van der Waals surface area contributed by atoms with Gasteiger partial charge in [-0.2, -0.15) is 0 Å². The Bertz CT molecular complexity index is 234. The third-order valence-electron chi connectivity index (χ3n) is 1.36. The quantitative estimate of drug-likeness (QED) is 0.415. The van der Waals surface area contributed by atoms with Crippen LogP contribution in [0.1, 0.15) is 0 Å². The van der Waals surface area contributed by atoms with E-state index in [1.165, 1.54) is 5.01 Å². The number of aliphatic carboxylic acids is 1. The van der Waals surface area contributed by atoms with Crippen molar-refractivity contribution >= 4 is 5.97 Å². The van der Waals surface area contributed by atoms with E-state index in [4.69, 9.17) is 5.11 Å². The summed E-state index contributed by atoms with van der Waals surface area (Å²) in [5.41, 5.74) is 0. The van der Waals surface area contributed by atoms with Crippen LogP contribution in [0.4, 0.5) is 0 Å². The molecule has 0 aliphatic carbocycles. The standard InChI is InChI=1S/C6H6N2O3/c9-6(10)2-1-5-3-8(4-5)7-11/h5H,3-4H2,(H,9,10). The summed E-state index contributed by atoms with van der Waals surface area (Å²) in [7, 11) is 0. The van der Waals surface area contributed by atoms with Crippen molar-refractivity contribution in [1.82, 2.24) is 5.01 Å². The van der Waals surface area contributed by atoms with Gasteiger partial charge in [0, 0.05) is 5.92 Å². The number of nitroso groups, excluding NO2 is 1. The van der Waals surface area contributed by atoms with Crippen LogP contribution in [0.5, 0.6) is 0 Å². The summed E-state index contributed by atoms with van der Waals surface area (Å²) >= 11 is 0. The number of carboxylic acids is 1. The van der Waals surface area contributed by atoms with E-state index in [0.29, 0.717) is 13.1 Å². The first-order valence-electron chi connectivity index (χ1n) is 3.05. The van der Waals surface area contributed by atoms with Gasteiger partial charge >= 0.3 is 5.97 Å². The smallest absolute Gasteiger partial charge is 0.381 e. The highest BCUT2D eigenvalue weighted by Gasteiger charge is 2.24. The van der Waals surface area contributed by atoms with Gasteiger partial charge in [-0.15, -0.1) is 4.91 Å². The third-order valence-corrected chi connectivity index (χ3v) is 1.36. The SMILES string of the molecule is O=NN1CC(C#CC(=O)O)C1. The molecule has 0 unspecified atom stereocenters. The van der Waals surface area contributed by atoms with Gasteiger partial charge in [0.2, 0.25) is 0 Å². The molecule has 5 nitrogen and oxygen atoms in total. The molecular weight excluding hydrogens is 148 g/mol. The maximum absolute atomic E-state index is 9.92. The molecule has 1 aliphatic rings. The van der Waals surface area contributed by atoms with Gasteiger partial charge in [-0.05, 0) is 0 Å². The third kappa shape index (κ3) is 1.93. The van der Waals surface area contributed by atoms with Gasteiger partial charge in [-0.25, -0.2) is 4.79 Å². The molecular formula is C6H6N2O3. The molecule has 1 N–H and O–H groups in total. The largest absolute Gasteiger partial charge is 0.472 e.